The molecule has 0 aliphatic carbocycles. The lowest BCUT2D eigenvalue weighted by Gasteiger charge is -1.99. The van der Waals surface area contributed by atoms with E-state index in [4.69, 9.17) is 17.3 Å². The van der Waals surface area contributed by atoms with Crippen LogP contribution in [0.5, 0.6) is 0 Å². The zero-order valence-electron chi connectivity index (χ0n) is 9.48. The topological polar surface area (TPSA) is 26.0 Å². The van der Waals surface area contributed by atoms with Crippen molar-refractivity contribution in [2.24, 2.45) is 5.73 Å². The van der Waals surface area contributed by atoms with Crippen molar-refractivity contribution >= 4 is 11.6 Å². The maximum atomic E-state index is 5.48. The third-order valence-corrected chi connectivity index (χ3v) is 2.02. The Labute approximate surface area is 89.0 Å². The molecule has 0 bridgehead atoms. The van der Waals surface area contributed by atoms with Crippen LogP contribution in [0.25, 0.3) is 0 Å². The number of alkyl halides is 1. The maximum Gasteiger partial charge on any atom is 0.0223 e. The number of hydrogen-bond donors (Lipinski definition) is 1. The van der Waals surface area contributed by atoms with Crippen LogP contribution in [0.4, 0.5) is 0 Å². The number of hydrogen-bond acceptors (Lipinski definition) is 1. The molecule has 0 aromatic carbocycles. The molecule has 0 aromatic rings. The molecule has 82 valence electrons. The Kier molecular flexibility index (Phi) is 17.8. The van der Waals surface area contributed by atoms with Crippen LogP contribution >= 0.6 is 11.6 Å². The van der Waals surface area contributed by atoms with Gasteiger partial charge in [0.1, 0.15) is 0 Å². The highest BCUT2D eigenvalue weighted by atomic mass is 35.5. The Bertz CT molecular complexity index is 70.5. The molecule has 1 atom stereocenters. The van der Waals surface area contributed by atoms with Crippen LogP contribution in [-0.4, -0.2) is 11.9 Å². The van der Waals surface area contributed by atoms with E-state index in [1.165, 1.54) is 38.5 Å². The molecule has 0 spiro atoms. The molecule has 1 unspecified atom stereocenters. The maximum absolute atomic E-state index is 5.48. The van der Waals surface area contributed by atoms with Gasteiger partial charge in [0.25, 0.3) is 0 Å². The van der Waals surface area contributed by atoms with Gasteiger partial charge in [-0.15, -0.1) is 11.6 Å². The number of nitrogens with two attached hydrogens (primary N) is 1. The third kappa shape index (κ3) is 24.5. The van der Waals surface area contributed by atoms with Crippen molar-refractivity contribution in [2.45, 2.75) is 65.3 Å². The van der Waals surface area contributed by atoms with Crippen molar-refractivity contribution in [1.29, 1.82) is 0 Å². The first kappa shape index (κ1) is 15.7. The summed E-state index contributed by atoms with van der Waals surface area (Å²) in [5.74, 6) is 0.827. The highest BCUT2D eigenvalue weighted by Crippen LogP contribution is 1.95. The van der Waals surface area contributed by atoms with E-state index in [2.05, 4.69) is 20.8 Å². The number of unbranched alkanes of at least 4 members (excludes halogenated alkanes) is 3. The molecule has 2 heteroatoms. The van der Waals surface area contributed by atoms with Gasteiger partial charge in [0.2, 0.25) is 0 Å². The summed E-state index contributed by atoms with van der Waals surface area (Å²) < 4.78 is 0. The van der Waals surface area contributed by atoms with E-state index >= 15 is 0 Å². The lowest BCUT2D eigenvalue weighted by molar-refractivity contribution is 0.616. The van der Waals surface area contributed by atoms with Crippen LogP contribution in [0.2, 0.25) is 0 Å². The van der Waals surface area contributed by atoms with Gasteiger partial charge in [-0.05, 0) is 19.8 Å². The van der Waals surface area contributed by atoms with Crippen molar-refractivity contribution in [3.05, 3.63) is 0 Å². The zero-order valence-corrected chi connectivity index (χ0v) is 10.2. The average Bonchev–Trinajstić information content (AvgIpc) is 2.12. The van der Waals surface area contributed by atoms with Crippen molar-refractivity contribution < 1.29 is 0 Å². The molecule has 0 saturated heterocycles. The second kappa shape index (κ2) is 14.8. The smallest absolute Gasteiger partial charge is 0.0223 e. The van der Waals surface area contributed by atoms with Crippen LogP contribution in [-0.2, 0) is 0 Å². The molecule has 0 saturated carbocycles. The Morgan fingerprint density at radius 1 is 1.08 bits per heavy atom. The fraction of sp³-hybridized carbons (Fsp3) is 1.00. The molecule has 0 rings (SSSR count). The molecule has 2 N–H and O–H groups in total. The van der Waals surface area contributed by atoms with Gasteiger partial charge in [-0.1, -0.05) is 39.5 Å². The summed E-state index contributed by atoms with van der Waals surface area (Å²) in [5.41, 5.74) is 5.48. The van der Waals surface area contributed by atoms with Crippen molar-refractivity contribution in [3.63, 3.8) is 0 Å². The lowest BCUT2D eigenvalue weighted by atomic mass is 10.2. The quantitative estimate of drug-likeness (QED) is 0.518. The van der Waals surface area contributed by atoms with Crippen molar-refractivity contribution in [1.82, 2.24) is 0 Å². The van der Waals surface area contributed by atoms with Gasteiger partial charge in [0, 0.05) is 11.9 Å². The minimum atomic E-state index is 0.403. The van der Waals surface area contributed by atoms with E-state index in [1.807, 2.05) is 0 Å². The number of halogens is 1. The van der Waals surface area contributed by atoms with Crippen molar-refractivity contribution in [3.8, 4) is 0 Å². The van der Waals surface area contributed by atoms with E-state index in [9.17, 15) is 0 Å². The van der Waals surface area contributed by atoms with Gasteiger partial charge in [-0.2, -0.15) is 0 Å². The van der Waals surface area contributed by atoms with E-state index in [1.54, 1.807) is 0 Å². The highest BCUT2D eigenvalue weighted by molar-refractivity contribution is 6.17. The largest absolute Gasteiger partial charge is 0.328 e. The van der Waals surface area contributed by atoms with E-state index < -0.39 is 0 Å². The van der Waals surface area contributed by atoms with Gasteiger partial charge in [-0.3, -0.25) is 0 Å². The molecule has 13 heavy (non-hydrogen) atoms. The summed E-state index contributed by atoms with van der Waals surface area (Å²) in [6, 6.07) is 0.403. The van der Waals surface area contributed by atoms with Gasteiger partial charge in [-0.25, -0.2) is 0 Å². The minimum Gasteiger partial charge on any atom is -0.328 e. The molecular weight excluding hydrogens is 182 g/mol. The fourth-order valence-corrected chi connectivity index (χ4v) is 1.06. The Morgan fingerprint density at radius 2 is 1.62 bits per heavy atom. The molecule has 0 fully saturated rings. The fourth-order valence-electron chi connectivity index (χ4n) is 0.871. The summed E-state index contributed by atoms with van der Waals surface area (Å²) in [7, 11) is 0. The minimum absolute atomic E-state index is 0.403. The molecular formula is C11H26ClN. The monoisotopic (exact) mass is 207 g/mol. The summed E-state index contributed by atoms with van der Waals surface area (Å²) in [6.45, 7) is 6.41. The first-order valence-electron chi connectivity index (χ1n) is 5.50. The van der Waals surface area contributed by atoms with Crippen LogP contribution in [0, 0.1) is 0 Å². The molecule has 0 amide bonds. The summed E-state index contributed by atoms with van der Waals surface area (Å²) in [5, 5.41) is 0. The van der Waals surface area contributed by atoms with Crippen LogP contribution in [0.15, 0.2) is 0 Å². The van der Waals surface area contributed by atoms with E-state index in [0.29, 0.717) is 6.04 Å². The Balaban J connectivity index is 0. The predicted octanol–water partition coefficient (Wildman–Crippen LogP) is 3.94. The van der Waals surface area contributed by atoms with Gasteiger partial charge >= 0.3 is 0 Å². The number of rotatable bonds is 6. The van der Waals surface area contributed by atoms with Crippen molar-refractivity contribution in [2.75, 3.05) is 5.88 Å². The molecule has 1 nitrogen and oxygen atoms in total. The first-order chi connectivity index (χ1) is 6.18. The molecule has 0 aliphatic heterocycles. The zero-order chi connectivity index (χ0) is 10.5. The van der Waals surface area contributed by atoms with E-state index in [-0.39, 0.29) is 0 Å². The second-order valence-electron chi connectivity index (χ2n) is 3.52. The van der Waals surface area contributed by atoms with Gasteiger partial charge < -0.3 is 5.73 Å². The summed E-state index contributed by atoms with van der Waals surface area (Å²) in [4.78, 5) is 0. The predicted molar refractivity (Wildman–Crippen MR) is 63.4 cm³/mol. The summed E-state index contributed by atoms with van der Waals surface area (Å²) in [6.07, 6.45) is 7.45. The molecule has 0 radical (unpaired) electrons. The second-order valence-corrected chi connectivity index (χ2v) is 3.89. The average molecular weight is 208 g/mol. The van der Waals surface area contributed by atoms with E-state index in [0.717, 1.165) is 5.88 Å². The third-order valence-electron chi connectivity index (χ3n) is 1.75. The van der Waals surface area contributed by atoms with Crippen LogP contribution < -0.4 is 5.73 Å². The Morgan fingerprint density at radius 3 is 1.77 bits per heavy atom. The normalized spacial score (nSPS) is 11.8. The first-order valence-corrected chi connectivity index (χ1v) is 6.03. The Hall–Kier alpha value is 0.250. The van der Waals surface area contributed by atoms with Gasteiger partial charge in [0.15, 0.2) is 0 Å². The molecule has 0 aromatic heterocycles. The SMILES string of the molecule is CCCCC(C)N.CCCCCCl. The highest BCUT2D eigenvalue weighted by Gasteiger charge is 1.88. The van der Waals surface area contributed by atoms with Gasteiger partial charge in [0.05, 0.1) is 0 Å². The summed E-state index contributed by atoms with van der Waals surface area (Å²) >= 11 is 5.38. The molecule has 0 heterocycles. The molecule has 0 aliphatic rings. The lowest BCUT2D eigenvalue weighted by Crippen LogP contribution is -2.13. The van der Waals surface area contributed by atoms with Crippen LogP contribution in [0.3, 0.4) is 0 Å². The van der Waals surface area contributed by atoms with Crippen LogP contribution in [0.1, 0.15) is 59.3 Å². The standard InChI is InChI=1S/C6H15N.C5H11Cl/c1-3-4-5-6(2)7;1-2-3-4-5-6/h6H,3-5,7H2,1-2H3;2-5H2,1H3.